The van der Waals surface area contributed by atoms with Crippen molar-refractivity contribution < 1.29 is 14.3 Å². The average molecular weight is 396 g/mol. The van der Waals surface area contributed by atoms with Crippen molar-refractivity contribution in [2.24, 2.45) is 0 Å². The molecule has 7 heteroatoms. The molecular formula is C22H28N4O3. The molecule has 2 heterocycles. The lowest BCUT2D eigenvalue weighted by Gasteiger charge is -2.35. The van der Waals surface area contributed by atoms with Crippen LogP contribution in [-0.4, -0.2) is 61.0 Å². The second-order valence-corrected chi connectivity index (χ2v) is 6.88. The standard InChI is InChI=1S/C22H28N4O3/c1-3-29-20-9-5-4-8-19(20)26(18(2)27)13-11-22(28)25-16-14-24(15-17-25)21-10-6-7-12-23-21/h4-10,12H,3,11,13-17H2,1-2H3. The summed E-state index contributed by atoms with van der Waals surface area (Å²) >= 11 is 0. The van der Waals surface area contributed by atoms with Crippen molar-refractivity contribution >= 4 is 23.3 Å². The number of hydrogen-bond acceptors (Lipinski definition) is 5. The summed E-state index contributed by atoms with van der Waals surface area (Å²) in [5.74, 6) is 1.55. The molecule has 7 nitrogen and oxygen atoms in total. The summed E-state index contributed by atoms with van der Waals surface area (Å²) in [5.41, 5.74) is 0.703. The van der Waals surface area contributed by atoms with Crippen LogP contribution in [0.4, 0.5) is 11.5 Å². The van der Waals surface area contributed by atoms with Crippen molar-refractivity contribution in [3.8, 4) is 5.75 Å². The Morgan fingerprint density at radius 1 is 1.07 bits per heavy atom. The van der Waals surface area contributed by atoms with Crippen LogP contribution in [0.15, 0.2) is 48.7 Å². The highest BCUT2D eigenvalue weighted by molar-refractivity contribution is 5.93. The van der Waals surface area contributed by atoms with Gasteiger partial charge in [-0.15, -0.1) is 0 Å². The van der Waals surface area contributed by atoms with E-state index in [0.717, 1.165) is 18.9 Å². The second-order valence-electron chi connectivity index (χ2n) is 6.88. The Balaban J connectivity index is 1.57. The molecule has 2 amide bonds. The maximum absolute atomic E-state index is 12.7. The number of carbonyl (C=O) groups excluding carboxylic acids is 2. The molecule has 1 aliphatic heterocycles. The molecule has 0 bridgehead atoms. The van der Waals surface area contributed by atoms with Crippen LogP contribution in [0, 0.1) is 0 Å². The first-order valence-corrected chi connectivity index (χ1v) is 10.0. The van der Waals surface area contributed by atoms with Crippen molar-refractivity contribution in [2.75, 3.05) is 49.1 Å². The van der Waals surface area contributed by atoms with Crippen LogP contribution in [0.1, 0.15) is 20.3 Å². The molecule has 0 N–H and O–H groups in total. The van der Waals surface area contributed by atoms with Gasteiger partial charge in [0, 0.05) is 52.3 Å². The van der Waals surface area contributed by atoms with Gasteiger partial charge in [-0.2, -0.15) is 0 Å². The molecule has 154 valence electrons. The zero-order chi connectivity index (χ0) is 20.6. The highest BCUT2D eigenvalue weighted by Gasteiger charge is 2.23. The van der Waals surface area contributed by atoms with Gasteiger partial charge in [-0.3, -0.25) is 9.59 Å². The molecule has 1 aromatic carbocycles. The molecule has 1 aromatic heterocycles. The number of pyridine rings is 1. The first kappa shape index (κ1) is 20.6. The maximum atomic E-state index is 12.7. The van der Waals surface area contributed by atoms with Crippen LogP contribution >= 0.6 is 0 Å². The number of benzene rings is 1. The van der Waals surface area contributed by atoms with Gasteiger partial charge in [-0.05, 0) is 31.2 Å². The molecule has 1 aliphatic rings. The van der Waals surface area contributed by atoms with Gasteiger partial charge in [-0.1, -0.05) is 18.2 Å². The number of anilines is 2. The minimum Gasteiger partial charge on any atom is -0.492 e. The van der Waals surface area contributed by atoms with Crippen LogP contribution in [0.5, 0.6) is 5.75 Å². The average Bonchev–Trinajstić information content (AvgIpc) is 2.75. The Bertz CT molecular complexity index is 820. The number of carbonyl (C=O) groups is 2. The summed E-state index contributed by atoms with van der Waals surface area (Å²) in [4.78, 5) is 35.0. The van der Waals surface area contributed by atoms with Crippen molar-refractivity contribution in [3.05, 3.63) is 48.7 Å². The van der Waals surface area contributed by atoms with E-state index in [1.54, 1.807) is 11.1 Å². The summed E-state index contributed by atoms with van der Waals surface area (Å²) in [6, 6.07) is 13.3. The lowest BCUT2D eigenvalue weighted by Crippen LogP contribution is -2.49. The van der Waals surface area contributed by atoms with E-state index in [9.17, 15) is 9.59 Å². The van der Waals surface area contributed by atoms with Gasteiger partial charge in [-0.25, -0.2) is 4.98 Å². The summed E-state index contributed by atoms with van der Waals surface area (Å²) in [5, 5.41) is 0. The van der Waals surface area contributed by atoms with E-state index >= 15 is 0 Å². The van der Waals surface area contributed by atoms with Gasteiger partial charge in [0.1, 0.15) is 11.6 Å². The smallest absolute Gasteiger partial charge is 0.224 e. The fourth-order valence-electron chi connectivity index (χ4n) is 3.50. The van der Waals surface area contributed by atoms with Gasteiger partial charge in [0.05, 0.1) is 12.3 Å². The zero-order valence-electron chi connectivity index (χ0n) is 17.1. The van der Waals surface area contributed by atoms with Crippen LogP contribution in [0.3, 0.4) is 0 Å². The third kappa shape index (κ3) is 5.25. The van der Waals surface area contributed by atoms with Crippen molar-refractivity contribution in [1.82, 2.24) is 9.88 Å². The summed E-state index contributed by atoms with van der Waals surface area (Å²) in [6.45, 7) is 7.09. The molecule has 1 fully saturated rings. The molecular weight excluding hydrogens is 368 g/mol. The number of piperazine rings is 1. The number of para-hydroxylation sites is 2. The largest absolute Gasteiger partial charge is 0.492 e. The monoisotopic (exact) mass is 396 g/mol. The molecule has 0 saturated carbocycles. The number of aromatic nitrogens is 1. The molecule has 1 saturated heterocycles. The van der Waals surface area contributed by atoms with Crippen LogP contribution < -0.4 is 14.5 Å². The Morgan fingerprint density at radius 3 is 2.45 bits per heavy atom. The van der Waals surface area contributed by atoms with E-state index in [1.807, 2.05) is 54.3 Å². The number of hydrogen-bond donors (Lipinski definition) is 0. The first-order valence-electron chi connectivity index (χ1n) is 10.0. The van der Waals surface area contributed by atoms with E-state index in [0.29, 0.717) is 37.7 Å². The highest BCUT2D eigenvalue weighted by atomic mass is 16.5. The molecule has 0 unspecified atom stereocenters. The topological polar surface area (TPSA) is 66.0 Å². The van der Waals surface area contributed by atoms with Crippen LogP contribution in [0.2, 0.25) is 0 Å². The van der Waals surface area contributed by atoms with Crippen LogP contribution in [0.25, 0.3) is 0 Å². The van der Waals surface area contributed by atoms with Crippen LogP contribution in [-0.2, 0) is 9.59 Å². The van der Waals surface area contributed by atoms with E-state index < -0.39 is 0 Å². The second kappa shape index (κ2) is 9.91. The maximum Gasteiger partial charge on any atom is 0.224 e. The number of amides is 2. The molecule has 0 radical (unpaired) electrons. The van der Waals surface area contributed by atoms with Gasteiger partial charge in [0.25, 0.3) is 0 Å². The molecule has 0 aliphatic carbocycles. The Kier molecular flexibility index (Phi) is 7.05. The van der Waals surface area contributed by atoms with Crippen molar-refractivity contribution in [2.45, 2.75) is 20.3 Å². The third-order valence-corrected chi connectivity index (χ3v) is 4.99. The zero-order valence-corrected chi connectivity index (χ0v) is 17.1. The quantitative estimate of drug-likeness (QED) is 0.720. The Morgan fingerprint density at radius 2 is 1.79 bits per heavy atom. The lowest BCUT2D eigenvalue weighted by molar-refractivity contribution is -0.131. The predicted molar refractivity (Wildman–Crippen MR) is 113 cm³/mol. The number of nitrogens with zero attached hydrogens (tertiary/aromatic N) is 4. The van der Waals surface area contributed by atoms with Gasteiger partial charge < -0.3 is 19.4 Å². The SMILES string of the molecule is CCOc1ccccc1N(CCC(=O)N1CCN(c2ccccn2)CC1)C(C)=O. The minimum atomic E-state index is -0.107. The summed E-state index contributed by atoms with van der Waals surface area (Å²) < 4.78 is 5.64. The summed E-state index contributed by atoms with van der Waals surface area (Å²) in [7, 11) is 0. The van der Waals surface area contributed by atoms with E-state index in [-0.39, 0.29) is 18.2 Å². The fourth-order valence-corrected chi connectivity index (χ4v) is 3.50. The molecule has 2 aromatic rings. The number of ether oxygens (including phenoxy) is 1. The minimum absolute atomic E-state index is 0.0609. The van der Waals surface area contributed by atoms with E-state index in [1.165, 1.54) is 6.92 Å². The fraction of sp³-hybridized carbons (Fsp3) is 0.409. The molecule has 0 spiro atoms. The third-order valence-electron chi connectivity index (χ3n) is 4.99. The number of rotatable bonds is 7. The van der Waals surface area contributed by atoms with Gasteiger partial charge in [0.2, 0.25) is 11.8 Å². The Hall–Kier alpha value is -3.09. The normalized spacial score (nSPS) is 13.9. The lowest BCUT2D eigenvalue weighted by atomic mass is 10.2. The van der Waals surface area contributed by atoms with Gasteiger partial charge >= 0.3 is 0 Å². The van der Waals surface area contributed by atoms with E-state index in [2.05, 4.69) is 9.88 Å². The summed E-state index contributed by atoms with van der Waals surface area (Å²) in [6.07, 6.45) is 2.06. The Labute approximate surface area is 171 Å². The van der Waals surface area contributed by atoms with E-state index in [4.69, 9.17) is 4.74 Å². The molecule has 3 rings (SSSR count). The molecule has 29 heavy (non-hydrogen) atoms. The first-order chi connectivity index (χ1) is 14.1. The van der Waals surface area contributed by atoms with Gasteiger partial charge in [0.15, 0.2) is 0 Å². The highest BCUT2D eigenvalue weighted by Crippen LogP contribution is 2.28. The predicted octanol–water partition coefficient (Wildman–Crippen LogP) is 2.57. The molecule has 0 atom stereocenters. The van der Waals surface area contributed by atoms with Crippen molar-refractivity contribution in [1.29, 1.82) is 0 Å². The van der Waals surface area contributed by atoms with Crippen molar-refractivity contribution in [3.63, 3.8) is 0 Å².